The van der Waals surface area contributed by atoms with E-state index in [4.69, 9.17) is 17.3 Å². The van der Waals surface area contributed by atoms with E-state index in [0.29, 0.717) is 22.8 Å². The van der Waals surface area contributed by atoms with Crippen LogP contribution in [0.2, 0.25) is 5.02 Å². The molecule has 2 rings (SSSR count). The van der Waals surface area contributed by atoms with Crippen LogP contribution in [-0.2, 0) is 0 Å². The lowest BCUT2D eigenvalue weighted by atomic mass is 10.1. The third kappa shape index (κ3) is 2.78. The molecule has 0 saturated heterocycles. The van der Waals surface area contributed by atoms with Crippen LogP contribution in [0.1, 0.15) is 22.8 Å². The fraction of sp³-hybridized carbons (Fsp3) is 0.188. The van der Waals surface area contributed by atoms with Crippen LogP contribution in [0, 0.1) is 6.92 Å². The first-order valence-corrected chi connectivity index (χ1v) is 6.85. The van der Waals surface area contributed by atoms with Gasteiger partial charge in [-0.05, 0) is 43.7 Å². The summed E-state index contributed by atoms with van der Waals surface area (Å²) in [5, 5.41) is 0.376. The Labute approximate surface area is 124 Å². The first-order valence-electron chi connectivity index (χ1n) is 6.47. The molecule has 4 heteroatoms. The summed E-state index contributed by atoms with van der Waals surface area (Å²) in [6.07, 6.45) is 0. The number of hydrogen-bond donors (Lipinski definition) is 1. The zero-order valence-corrected chi connectivity index (χ0v) is 12.3. The maximum atomic E-state index is 12.7. The molecule has 0 radical (unpaired) electrons. The monoisotopic (exact) mass is 288 g/mol. The molecular weight excluding hydrogens is 272 g/mol. The average molecular weight is 289 g/mol. The van der Waals surface area contributed by atoms with Gasteiger partial charge >= 0.3 is 0 Å². The van der Waals surface area contributed by atoms with Crippen molar-refractivity contribution in [3.8, 4) is 0 Å². The molecule has 2 aromatic rings. The standard InChI is InChI=1S/C16H17ClN2O/c1-3-19(12-7-4-6-11(2)10-12)16(20)15-13(17)8-5-9-14(15)18/h4-10H,3,18H2,1-2H3. The van der Waals surface area contributed by atoms with E-state index < -0.39 is 0 Å². The SMILES string of the molecule is CCN(C(=O)c1c(N)cccc1Cl)c1cccc(C)c1. The van der Waals surface area contributed by atoms with Gasteiger partial charge in [0.1, 0.15) is 0 Å². The maximum Gasteiger partial charge on any atom is 0.261 e. The van der Waals surface area contributed by atoms with Gasteiger partial charge in [-0.25, -0.2) is 0 Å². The number of amides is 1. The Kier molecular flexibility index (Phi) is 4.30. The Morgan fingerprint density at radius 3 is 2.55 bits per heavy atom. The van der Waals surface area contributed by atoms with Gasteiger partial charge in [0.2, 0.25) is 0 Å². The first kappa shape index (κ1) is 14.4. The van der Waals surface area contributed by atoms with Crippen molar-refractivity contribution in [3.63, 3.8) is 0 Å². The molecule has 0 aromatic heterocycles. The molecule has 1 amide bonds. The van der Waals surface area contributed by atoms with Gasteiger partial charge in [0.25, 0.3) is 5.91 Å². The van der Waals surface area contributed by atoms with E-state index in [9.17, 15) is 4.79 Å². The highest BCUT2D eigenvalue weighted by Gasteiger charge is 2.21. The quantitative estimate of drug-likeness (QED) is 0.871. The van der Waals surface area contributed by atoms with E-state index in [1.165, 1.54) is 0 Å². The highest BCUT2D eigenvalue weighted by Crippen LogP contribution is 2.26. The van der Waals surface area contributed by atoms with Gasteiger partial charge in [0, 0.05) is 17.9 Å². The molecule has 0 atom stereocenters. The highest BCUT2D eigenvalue weighted by molar-refractivity contribution is 6.35. The van der Waals surface area contributed by atoms with E-state index in [2.05, 4.69) is 0 Å². The van der Waals surface area contributed by atoms with E-state index in [1.807, 2.05) is 38.1 Å². The molecular formula is C16H17ClN2O. The smallest absolute Gasteiger partial charge is 0.261 e. The van der Waals surface area contributed by atoms with Crippen molar-refractivity contribution in [3.05, 3.63) is 58.6 Å². The molecule has 0 heterocycles. The summed E-state index contributed by atoms with van der Waals surface area (Å²) in [6, 6.07) is 12.9. The fourth-order valence-electron chi connectivity index (χ4n) is 2.14. The summed E-state index contributed by atoms with van der Waals surface area (Å²) < 4.78 is 0. The van der Waals surface area contributed by atoms with Crippen molar-refractivity contribution < 1.29 is 4.79 Å². The number of nitrogen functional groups attached to an aromatic ring is 1. The van der Waals surface area contributed by atoms with Gasteiger partial charge in [0.05, 0.1) is 10.6 Å². The Hall–Kier alpha value is -2.00. The average Bonchev–Trinajstić information content (AvgIpc) is 2.39. The van der Waals surface area contributed by atoms with Crippen LogP contribution in [0.15, 0.2) is 42.5 Å². The van der Waals surface area contributed by atoms with Gasteiger partial charge in [-0.1, -0.05) is 29.8 Å². The number of aryl methyl sites for hydroxylation is 1. The molecule has 0 bridgehead atoms. The molecule has 0 aliphatic rings. The maximum absolute atomic E-state index is 12.7. The molecule has 0 saturated carbocycles. The molecule has 104 valence electrons. The third-order valence-corrected chi connectivity index (χ3v) is 3.45. The number of rotatable bonds is 3. The predicted octanol–water partition coefficient (Wildman–Crippen LogP) is 3.90. The van der Waals surface area contributed by atoms with Crippen LogP contribution in [0.5, 0.6) is 0 Å². The number of carbonyl (C=O) groups excluding carboxylic acids is 1. The number of nitrogens with zero attached hydrogens (tertiary/aromatic N) is 1. The number of anilines is 2. The van der Waals surface area contributed by atoms with Crippen LogP contribution in [0.3, 0.4) is 0 Å². The van der Waals surface area contributed by atoms with E-state index in [-0.39, 0.29) is 5.91 Å². The van der Waals surface area contributed by atoms with Gasteiger partial charge in [-0.3, -0.25) is 4.79 Å². The summed E-state index contributed by atoms with van der Waals surface area (Å²) in [6.45, 7) is 4.46. The van der Waals surface area contributed by atoms with E-state index >= 15 is 0 Å². The molecule has 2 N–H and O–H groups in total. The molecule has 0 aliphatic carbocycles. The first-order chi connectivity index (χ1) is 9.54. The predicted molar refractivity (Wildman–Crippen MR) is 84.4 cm³/mol. The number of halogens is 1. The lowest BCUT2D eigenvalue weighted by Gasteiger charge is -2.22. The fourth-order valence-corrected chi connectivity index (χ4v) is 2.40. The van der Waals surface area contributed by atoms with Gasteiger partial charge in [0.15, 0.2) is 0 Å². The molecule has 0 unspecified atom stereocenters. The van der Waals surface area contributed by atoms with Gasteiger partial charge in [-0.15, -0.1) is 0 Å². The van der Waals surface area contributed by atoms with Crippen molar-refractivity contribution >= 4 is 28.9 Å². The summed E-state index contributed by atoms with van der Waals surface area (Å²) in [4.78, 5) is 14.4. The van der Waals surface area contributed by atoms with Gasteiger partial charge < -0.3 is 10.6 Å². The lowest BCUT2D eigenvalue weighted by molar-refractivity contribution is 0.0989. The zero-order chi connectivity index (χ0) is 14.7. The van der Waals surface area contributed by atoms with E-state index in [1.54, 1.807) is 23.1 Å². The molecule has 0 fully saturated rings. The molecule has 0 aliphatic heterocycles. The molecule has 2 aromatic carbocycles. The zero-order valence-electron chi connectivity index (χ0n) is 11.6. The Balaban J connectivity index is 2.45. The number of hydrogen-bond acceptors (Lipinski definition) is 2. The van der Waals surface area contributed by atoms with E-state index in [0.717, 1.165) is 11.3 Å². The highest BCUT2D eigenvalue weighted by atomic mass is 35.5. The number of carbonyl (C=O) groups is 1. The second-order valence-electron chi connectivity index (χ2n) is 4.59. The lowest BCUT2D eigenvalue weighted by Crippen LogP contribution is -2.31. The number of benzene rings is 2. The molecule has 0 spiro atoms. The molecule has 20 heavy (non-hydrogen) atoms. The largest absolute Gasteiger partial charge is 0.398 e. The van der Waals surface area contributed by atoms with Crippen molar-refractivity contribution in [2.45, 2.75) is 13.8 Å². The topological polar surface area (TPSA) is 46.3 Å². The second kappa shape index (κ2) is 5.97. The minimum Gasteiger partial charge on any atom is -0.398 e. The minimum absolute atomic E-state index is 0.179. The number of nitrogens with two attached hydrogens (primary N) is 1. The summed E-state index contributed by atoms with van der Waals surface area (Å²) in [7, 11) is 0. The van der Waals surface area contributed by atoms with Crippen molar-refractivity contribution in [1.82, 2.24) is 0 Å². The van der Waals surface area contributed by atoms with Crippen molar-refractivity contribution in [2.75, 3.05) is 17.2 Å². The summed E-state index contributed by atoms with van der Waals surface area (Å²) in [5.41, 5.74) is 8.59. The second-order valence-corrected chi connectivity index (χ2v) is 5.00. The van der Waals surface area contributed by atoms with Crippen LogP contribution in [-0.4, -0.2) is 12.5 Å². The summed E-state index contributed by atoms with van der Waals surface area (Å²) in [5.74, 6) is -0.179. The Morgan fingerprint density at radius 2 is 1.95 bits per heavy atom. The van der Waals surface area contributed by atoms with Crippen molar-refractivity contribution in [2.24, 2.45) is 0 Å². The summed E-state index contributed by atoms with van der Waals surface area (Å²) >= 11 is 6.12. The Morgan fingerprint density at radius 1 is 1.25 bits per heavy atom. The third-order valence-electron chi connectivity index (χ3n) is 3.13. The minimum atomic E-state index is -0.179. The normalized spacial score (nSPS) is 10.3. The van der Waals surface area contributed by atoms with Crippen LogP contribution < -0.4 is 10.6 Å². The van der Waals surface area contributed by atoms with Crippen molar-refractivity contribution in [1.29, 1.82) is 0 Å². The van der Waals surface area contributed by atoms with Crippen LogP contribution >= 0.6 is 11.6 Å². The van der Waals surface area contributed by atoms with Gasteiger partial charge in [-0.2, -0.15) is 0 Å². The Bertz CT molecular complexity index is 620. The van der Waals surface area contributed by atoms with Crippen LogP contribution in [0.25, 0.3) is 0 Å². The van der Waals surface area contributed by atoms with Crippen LogP contribution in [0.4, 0.5) is 11.4 Å². The molecule has 3 nitrogen and oxygen atoms in total.